The highest BCUT2D eigenvalue weighted by atomic mass is 32.2. The van der Waals surface area contributed by atoms with Crippen LogP contribution in [0.3, 0.4) is 0 Å². The number of hydrogen-bond acceptors (Lipinski definition) is 8. The lowest BCUT2D eigenvalue weighted by Crippen LogP contribution is -2.21. The Morgan fingerprint density at radius 1 is 0.881 bits per heavy atom. The molecule has 0 atom stereocenters. The number of benzene rings is 4. The number of carboxylic acid groups (broad SMARTS) is 1. The summed E-state index contributed by atoms with van der Waals surface area (Å²) in [6.07, 6.45) is 1.83. The van der Waals surface area contributed by atoms with Gasteiger partial charge in [-0.25, -0.2) is 4.79 Å². The molecular weight excluding hydrogens is 558 g/mol. The Morgan fingerprint density at radius 2 is 1.52 bits per heavy atom. The van der Waals surface area contributed by atoms with Crippen LogP contribution in [0.4, 0.5) is 0 Å². The summed E-state index contributed by atoms with van der Waals surface area (Å²) in [4.78, 5) is 25.3. The zero-order chi connectivity index (χ0) is 29.7. The molecule has 4 aromatic rings. The highest BCUT2D eigenvalue weighted by molar-refractivity contribution is 7.86. The van der Waals surface area contributed by atoms with Crippen molar-refractivity contribution in [1.82, 2.24) is 0 Å². The molecule has 1 aliphatic heterocycles. The van der Waals surface area contributed by atoms with E-state index in [1.165, 1.54) is 36.4 Å². The number of carbonyl (C=O) groups excluding carboxylic acids is 1. The van der Waals surface area contributed by atoms with Gasteiger partial charge in [-0.15, -0.1) is 0 Å². The van der Waals surface area contributed by atoms with Gasteiger partial charge in [-0.05, 0) is 67.5 Å². The summed E-state index contributed by atoms with van der Waals surface area (Å²) in [5, 5.41) is 14.4. The Kier molecular flexibility index (Phi) is 8.65. The van der Waals surface area contributed by atoms with Crippen molar-refractivity contribution in [2.75, 3.05) is 19.8 Å². The van der Waals surface area contributed by atoms with Gasteiger partial charge in [0, 0.05) is 29.7 Å². The van der Waals surface area contributed by atoms with Crippen LogP contribution in [0, 0.1) is 12.8 Å². The van der Waals surface area contributed by atoms with Gasteiger partial charge in [0.05, 0.1) is 12.2 Å². The third kappa shape index (κ3) is 6.50. The molecule has 1 heterocycles. The normalized spacial score (nSPS) is 14.5. The SMILES string of the molecule is Cc1ccc(S(=O)(=O)O/N=C(/C(=O)c2ccc(OCC3CCOCC3)c3ccccc23)c2ccc(C(=O)O)cc2)cc1. The second kappa shape index (κ2) is 12.5. The van der Waals surface area contributed by atoms with E-state index in [-0.39, 0.29) is 27.3 Å². The highest BCUT2D eigenvalue weighted by Crippen LogP contribution is 2.31. The van der Waals surface area contributed by atoms with E-state index in [0.29, 0.717) is 42.3 Å². The minimum Gasteiger partial charge on any atom is -0.493 e. The maximum atomic E-state index is 14.0. The topological polar surface area (TPSA) is 129 Å². The van der Waals surface area contributed by atoms with Gasteiger partial charge in [-0.1, -0.05) is 59.3 Å². The Bertz CT molecular complexity index is 1740. The minimum atomic E-state index is -4.35. The van der Waals surface area contributed by atoms with Gasteiger partial charge in [0.25, 0.3) is 0 Å². The molecule has 0 saturated carbocycles. The monoisotopic (exact) mass is 587 g/mol. The van der Waals surface area contributed by atoms with E-state index in [1.54, 1.807) is 36.4 Å². The molecule has 0 amide bonds. The van der Waals surface area contributed by atoms with Gasteiger partial charge in [-0.3, -0.25) is 9.08 Å². The van der Waals surface area contributed by atoms with E-state index in [2.05, 4.69) is 5.16 Å². The molecule has 216 valence electrons. The summed E-state index contributed by atoms with van der Waals surface area (Å²) in [7, 11) is -4.35. The van der Waals surface area contributed by atoms with Crippen molar-refractivity contribution in [2.24, 2.45) is 11.1 Å². The van der Waals surface area contributed by atoms with Crippen LogP contribution in [0.2, 0.25) is 0 Å². The quantitative estimate of drug-likeness (QED) is 0.143. The molecule has 42 heavy (non-hydrogen) atoms. The first-order valence-corrected chi connectivity index (χ1v) is 14.8. The number of oxime groups is 1. The summed E-state index contributed by atoms with van der Waals surface area (Å²) in [6.45, 7) is 3.76. The Morgan fingerprint density at radius 3 is 2.19 bits per heavy atom. The van der Waals surface area contributed by atoms with Crippen molar-refractivity contribution in [3.05, 3.63) is 107 Å². The first-order chi connectivity index (χ1) is 20.2. The molecule has 1 fully saturated rings. The second-order valence-electron chi connectivity index (χ2n) is 10.0. The predicted molar refractivity (Wildman–Crippen MR) is 157 cm³/mol. The van der Waals surface area contributed by atoms with Crippen LogP contribution in [0.25, 0.3) is 10.8 Å². The number of ketones is 1. The molecule has 9 nitrogen and oxygen atoms in total. The summed E-state index contributed by atoms with van der Waals surface area (Å²) < 4.78 is 42.4. The van der Waals surface area contributed by atoms with E-state index in [4.69, 9.17) is 13.8 Å². The van der Waals surface area contributed by atoms with Crippen molar-refractivity contribution in [3.63, 3.8) is 0 Å². The molecule has 0 unspecified atom stereocenters. The lowest BCUT2D eigenvalue weighted by molar-refractivity contribution is 0.0500. The fourth-order valence-corrected chi connectivity index (χ4v) is 5.40. The maximum absolute atomic E-state index is 14.0. The average Bonchev–Trinajstić information content (AvgIpc) is 3.00. The van der Waals surface area contributed by atoms with Gasteiger partial charge in [-0.2, -0.15) is 8.42 Å². The largest absolute Gasteiger partial charge is 0.493 e. The van der Waals surface area contributed by atoms with E-state index in [9.17, 15) is 23.1 Å². The molecule has 0 radical (unpaired) electrons. The van der Waals surface area contributed by atoms with Gasteiger partial charge in [0.2, 0.25) is 5.78 Å². The maximum Gasteiger partial charge on any atom is 0.358 e. The Labute approximate surface area is 243 Å². The summed E-state index contributed by atoms with van der Waals surface area (Å²) in [5.41, 5.74) is 0.993. The van der Waals surface area contributed by atoms with Gasteiger partial charge in [0.1, 0.15) is 10.6 Å². The number of rotatable bonds is 10. The Hall–Kier alpha value is -4.54. The number of fused-ring (bicyclic) bond motifs is 1. The molecule has 5 rings (SSSR count). The number of aromatic carboxylic acids is 1. The molecule has 0 aliphatic carbocycles. The molecule has 1 aliphatic rings. The molecule has 0 spiro atoms. The standard InChI is InChI=1S/C32H29NO8S/c1-21-6-12-25(13-7-21)42(37,38)41-33-30(23-8-10-24(11-9-23)32(35)36)31(34)28-14-15-29(27-5-3-2-4-26(27)28)40-20-22-16-18-39-19-17-22/h2-15,22H,16-20H2,1H3,(H,35,36)/b33-30+. The molecule has 4 aromatic carbocycles. The van der Waals surface area contributed by atoms with E-state index < -0.39 is 21.9 Å². The molecular formula is C32H29NO8S. The van der Waals surface area contributed by atoms with E-state index in [0.717, 1.165) is 18.4 Å². The van der Waals surface area contributed by atoms with Crippen molar-refractivity contribution >= 4 is 38.4 Å². The molecule has 1 saturated heterocycles. The fraction of sp³-hybridized carbons (Fsp3) is 0.219. The number of aryl methyl sites for hydroxylation is 1. The summed E-state index contributed by atoms with van der Waals surface area (Å²) in [6, 6.07) is 22.0. The zero-order valence-electron chi connectivity index (χ0n) is 22.9. The first kappa shape index (κ1) is 29.0. The van der Waals surface area contributed by atoms with Crippen LogP contribution in [-0.4, -0.2) is 50.8 Å². The molecule has 1 N–H and O–H groups in total. The number of Topliss-reactive ketones (excluding diaryl/α,β-unsaturated/α-hetero) is 1. The van der Waals surface area contributed by atoms with Crippen LogP contribution in [0.15, 0.2) is 95.0 Å². The van der Waals surface area contributed by atoms with Crippen LogP contribution < -0.4 is 4.74 Å². The zero-order valence-corrected chi connectivity index (χ0v) is 23.7. The highest BCUT2D eigenvalue weighted by Gasteiger charge is 2.24. The Balaban J connectivity index is 1.52. The summed E-state index contributed by atoms with van der Waals surface area (Å²) in [5.74, 6) is -0.758. The number of carboxylic acids is 1. The van der Waals surface area contributed by atoms with Crippen molar-refractivity contribution in [3.8, 4) is 5.75 Å². The number of nitrogens with zero attached hydrogens (tertiary/aromatic N) is 1. The van der Waals surface area contributed by atoms with Crippen LogP contribution in [-0.2, 0) is 19.1 Å². The molecule has 10 heteroatoms. The fourth-order valence-electron chi connectivity index (χ4n) is 4.67. The third-order valence-electron chi connectivity index (χ3n) is 7.10. The van der Waals surface area contributed by atoms with E-state index >= 15 is 0 Å². The molecule has 0 bridgehead atoms. The number of carbonyl (C=O) groups is 2. The second-order valence-corrected chi connectivity index (χ2v) is 11.5. The lowest BCUT2D eigenvalue weighted by Gasteiger charge is -2.22. The van der Waals surface area contributed by atoms with Crippen molar-refractivity contribution < 1.29 is 36.9 Å². The van der Waals surface area contributed by atoms with E-state index in [1.807, 2.05) is 19.1 Å². The summed E-state index contributed by atoms with van der Waals surface area (Å²) >= 11 is 0. The van der Waals surface area contributed by atoms with Gasteiger partial charge < -0.3 is 14.6 Å². The van der Waals surface area contributed by atoms with Gasteiger partial charge in [0.15, 0.2) is 5.71 Å². The lowest BCUT2D eigenvalue weighted by atomic mass is 9.95. The predicted octanol–water partition coefficient (Wildman–Crippen LogP) is 5.64. The third-order valence-corrected chi connectivity index (χ3v) is 8.22. The minimum absolute atomic E-state index is 0.00442. The van der Waals surface area contributed by atoms with Crippen LogP contribution >= 0.6 is 0 Å². The molecule has 0 aromatic heterocycles. The van der Waals surface area contributed by atoms with Crippen LogP contribution in [0.1, 0.15) is 44.7 Å². The van der Waals surface area contributed by atoms with Gasteiger partial charge >= 0.3 is 16.1 Å². The average molecular weight is 588 g/mol. The smallest absolute Gasteiger partial charge is 0.358 e. The van der Waals surface area contributed by atoms with Crippen LogP contribution in [0.5, 0.6) is 5.75 Å². The number of ether oxygens (including phenoxy) is 2. The van der Waals surface area contributed by atoms with Crippen molar-refractivity contribution in [1.29, 1.82) is 0 Å². The first-order valence-electron chi connectivity index (χ1n) is 13.4. The number of hydrogen-bond donors (Lipinski definition) is 1. The van der Waals surface area contributed by atoms with Crippen molar-refractivity contribution in [2.45, 2.75) is 24.7 Å².